The predicted molar refractivity (Wildman–Crippen MR) is 98.8 cm³/mol. The first-order valence-corrected chi connectivity index (χ1v) is 8.55. The van der Waals surface area contributed by atoms with Gasteiger partial charge in [-0.1, -0.05) is 30.3 Å². The third kappa shape index (κ3) is 2.54. The molecule has 0 aliphatic heterocycles. The quantitative estimate of drug-likeness (QED) is 0.588. The molecule has 4 nitrogen and oxygen atoms in total. The number of aryl methyl sites for hydroxylation is 2. The summed E-state index contributed by atoms with van der Waals surface area (Å²) in [6.45, 7) is 0. The van der Waals surface area contributed by atoms with Gasteiger partial charge in [0.2, 0.25) is 0 Å². The number of amides is 1. The molecule has 1 N–H and O–H groups in total. The number of hydrogen-bond acceptors (Lipinski definition) is 2. The van der Waals surface area contributed by atoms with E-state index in [9.17, 15) is 9.59 Å². The van der Waals surface area contributed by atoms with Crippen molar-refractivity contribution in [1.82, 2.24) is 9.88 Å². The molecule has 0 radical (unpaired) electrons. The minimum atomic E-state index is -0.507. The van der Waals surface area contributed by atoms with Gasteiger partial charge in [-0.15, -0.1) is 0 Å². The van der Waals surface area contributed by atoms with Crippen LogP contribution in [-0.4, -0.2) is 35.7 Å². The van der Waals surface area contributed by atoms with Crippen molar-refractivity contribution >= 4 is 22.6 Å². The average molecular weight is 332 g/mol. The SMILES string of the molecule is CN(C)C(=O)C(=O)c1c(-c2ccc3c(c2)CCC3)[nH]c2ccccc12. The van der Waals surface area contributed by atoms with Gasteiger partial charge in [-0.05, 0) is 48.1 Å². The summed E-state index contributed by atoms with van der Waals surface area (Å²) < 4.78 is 0. The fourth-order valence-electron chi connectivity index (χ4n) is 3.63. The van der Waals surface area contributed by atoms with Crippen LogP contribution >= 0.6 is 0 Å². The third-order valence-corrected chi connectivity index (χ3v) is 4.92. The third-order valence-electron chi connectivity index (χ3n) is 4.92. The highest BCUT2D eigenvalue weighted by Gasteiger charge is 2.26. The van der Waals surface area contributed by atoms with E-state index in [1.54, 1.807) is 14.1 Å². The molecule has 1 aliphatic rings. The van der Waals surface area contributed by atoms with E-state index in [-0.39, 0.29) is 0 Å². The predicted octanol–water partition coefficient (Wildman–Crippen LogP) is 3.59. The summed E-state index contributed by atoms with van der Waals surface area (Å²) in [5, 5.41) is 0.790. The standard InChI is InChI=1S/C21H20N2O2/c1-23(2)21(25)20(24)18-16-8-3-4-9-17(16)22-19(18)15-11-10-13-6-5-7-14(13)12-15/h3-4,8-12,22H,5-7H2,1-2H3. The van der Waals surface area contributed by atoms with Crippen molar-refractivity contribution in [3.05, 3.63) is 59.2 Å². The summed E-state index contributed by atoms with van der Waals surface area (Å²) >= 11 is 0. The molecule has 25 heavy (non-hydrogen) atoms. The number of aromatic nitrogens is 1. The van der Waals surface area contributed by atoms with Gasteiger partial charge >= 0.3 is 0 Å². The molecule has 126 valence electrons. The van der Waals surface area contributed by atoms with Gasteiger partial charge < -0.3 is 9.88 Å². The fourth-order valence-corrected chi connectivity index (χ4v) is 3.63. The van der Waals surface area contributed by atoms with E-state index in [0.717, 1.165) is 35.0 Å². The maximum absolute atomic E-state index is 12.9. The summed E-state index contributed by atoms with van der Waals surface area (Å²) in [6, 6.07) is 14.0. The number of fused-ring (bicyclic) bond motifs is 2. The Morgan fingerprint density at radius 1 is 1.00 bits per heavy atom. The lowest BCUT2D eigenvalue weighted by atomic mass is 9.98. The van der Waals surface area contributed by atoms with Crippen LogP contribution in [0.5, 0.6) is 0 Å². The molecule has 0 unspecified atom stereocenters. The zero-order valence-corrected chi connectivity index (χ0v) is 14.4. The highest BCUT2D eigenvalue weighted by Crippen LogP contribution is 2.33. The summed E-state index contributed by atoms with van der Waals surface area (Å²) in [5.74, 6) is -0.981. The van der Waals surface area contributed by atoms with Gasteiger partial charge in [0.25, 0.3) is 11.7 Å². The monoisotopic (exact) mass is 332 g/mol. The fraction of sp³-hybridized carbons (Fsp3) is 0.238. The number of likely N-dealkylation sites (N-methyl/N-ethyl adjacent to an activating group) is 1. The molecule has 0 spiro atoms. The Morgan fingerprint density at radius 3 is 2.56 bits per heavy atom. The van der Waals surface area contributed by atoms with Crippen LogP contribution in [0, 0.1) is 0 Å². The summed E-state index contributed by atoms with van der Waals surface area (Å²) in [4.78, 5) is 29.9. The minimum Gasteiger partial charge on any atom is -0.354 e. The van der Waals surface area contributed by atoms with Crippen molar-refractivity contribution in [2.24, 2.45) is 0 Å². The van der Waals surface area contributed by atoms with Crippen molar-refractivity contribution in [1.29, 1.82) is 0 Å². The molecule has 0 saturated carbocycles. The first kappa shape index (κ1) is 15.6. The maximum Gasteiger partial charge on any atom is 0.294 e. The van der Waals surface area contributed by atoms with E-state index in [1.807, 2.05) is 30.3 Å². The molecule has 2 aromatic carbocycles. The number of nitrogens with zero attached hydrogens (tertiary/aromatic N) is 1. The maximum atomic E-state index is 12.9. The number of hydrogen-bond donors (Lipinski definition) is 1. The lowest BCUT2D eigenvalue weighted by molar-refractivity contribution is -0.124. The topological polar surface area (TPSA) is 53.2 Å². The van der Waals surface area contributed by atoms with E-state index < -0.39 is 11.7 Å². The normalized spacial score (nSPS) is 13.0. The summed E-state index contributed by atoms with van der Waals surface area (Å²) in [5.41, 5.74) is 5.76. The van der Waals surface area contributed by atoms with E-state index in [2.05, 4.69) is 17.1 Å². The second-order valence-electron chi connectivity index (χ2n) is 6.79. The zero-order valence-electron chi connectivity index (χ0n) is 14.4. The van der Waals surface area contributed by atoms with Gasteiger partial charge in [0.15, 0.2) is 0 Å². The number of Topliss-reactive ketones (excluding diaryl/α,β-unsaturated/α-hetero) is 1. The molecule has 3 aromatic rings. The van der Waals surface area contributed by atoms with Gasteiger partial charge in [-0.3, -0.25) is 9.59 Å². The molecule has 0 atom stereocenters. The van der Waals surface area contributed by atoms with Crippen LogP contribution < -0.4 is 0 Å². The van der Waals surface area contributed by atoms with Crippen LogP contribution in [0.3, 0.4) is 0 Å². The Bertz CT molecular complexity index is 998. The summed E-state index contributed by atoms with van der Waals surface area (Å²) in [7, 11) is 3.20. The molecule has 1 aliphatic carbocycles. The number of carbonyl (C=O) groups excluding carboxylic acids is 2. The number of carbonyl (C=O) groups is 2. The number of ketones is 1. The van der Waals surface area contributed by atoms with Crippen LogP contribution in [0.1, 0.15) is 27.9 Å². The van der Waals surface area contributed by atoms with E-state index in [0.29, 0.717) is 5.56 Å². The molecule has 0 fully saturated rings. The average Bonchev–Trinajstić information content (AvgIpc) is 3.23. The largest absolute Gasteiger partial charge is 0.354 e. The second-order valence-corrected chi connectivity index (χ2v) is 6.79. The van der Waals surface area contributed by atoms with Crippen LogP contribution in [0.15, 0.2) is 42.5 Å². The Kier molecular flexibility index (Phi) is 3.68. The van der Waals surface area contributed by atoms with Crippen LogP contribution in [0.25, 0.3) is 22.2 Å². The van der Waals surface area contributed by atoms with Gasteiger partial charge in [0, 0.05) is 25.0 Å². The number of aromatic amines is 1. The van der Waals surface area contributed by atoms with Crippen LogP contribution in [0.4, 0.5) is 0 Å². The van der Waals surface area contributed by atoms with Gasteiger partial charge in [0.05, 0.1) is 11.3 Å². The van der Waals surface area contributed by atoms with Crippen molar-refractivity contribution in [3.63, 3.8) is 0 Å². The van der Waals surface area contributed by atoms with Gasteiger partial charge in [0.1, 0.15) is 0 Å². The molecule has 1 aromatic heterocycles. The Morgan fingerprint density at radius 2 is 1.76 bits per heavy atom. The van der Waals surface area contributed by atoms with Crippen molar-refractivity contribution in [2.75, 3.05) is 14.1 Å². The van der Waals surface area contributed by atoms with Crippen molar-refractivity contribution < 1.29 is 9.59 Å². The minimum absolute atomic E-state index is 0.465. The highest BCUT2D eigenvalue weighted by molar-refractivity contribution is 6.46. The first-order valence-electron chi connectivity index (χ1n) is 8.55. The highest BCUT2D eigenvalue weighted by atomic mass is 16.2. The molecule has 4 rings (SSSR count). The lowest BCUT2D eigenvalue weighted by Gasteiger charge is -2.10. The molecule has 4 heteroatoms. The number of nitrogens with one attached hydrogen (secondary N) is 1. The second kappa shape index (κ2) is 5.88. The number of benzene rings is 2. The molecule has 1 heterocycles. The Hall–Kier alpha value is -2.88. The van der Waals surface area contributed by atoms with Gasteiger partial charge in [-0.2, -0.15) is 0 Å². The van der Waals surface area contributed by atoms with Crippen LogP contribution in [0.2, 0.25) is 0 Å². The molecular weight excluding hydrogens is 312 g/mol. The molecular formula is C21H20N2O2. The number of H-pyrrole nitrogens is 1. The molecule has 1 amide bonds. The van der Waals surface area contributed by atoms with E-state index in [1.165, 1.54) is 22.4 Å². The van der Waals surface area contributed by atoms with Crippen molar-refractivity contribution in [2.45, 2.75) is 19.3 Å². The molecule has 0 bridgehead atoms. The van der Waals surface area contributed by atoms with Gasteiger partial charge in [-0.25, -0.2) is 0 Å². The van der Waals surface area contributed by atoms with E-state index in [4.69, 9.17) is 0 Å². The Balaban J connectivity index is 1.93. The molecule has 0 saturated heterocycles. The van der Waals surface area contributed by atoms with Crippen LogP contribution in [-0.2, 0) is 17.6 Å². The van der Waals surface area contributed by atoms with Crippen molar-refractivity contribution in [3.8, 4) is 11.3 Å². The Labute approximate surface area is 146 Å². The smallest absolute Gasteiger partial charge is 0.294 e. The first-order chi connectivity index (χ1) is 12.1. The van der Waals surface area contributed by atoms with E-state index >= 15 is 0 Å². The number of para-hydroxylation sites is 1. The lowest BCUT2D eigenvalue weighted by Crippen LogP contribution is -2.30. The zero-order chi connectivity index (χ0) is 17.6. The number of rotatable bonds is 3. The summed E-state index contributed by atoms with van der Waals surface area (Å²) in [6.07, 6.45) is 3.37.